The van der Waals surface area contributed by atoms with Crippen LogP contribution in [0.2, 0.25) is 0 Å². The second kappa shape index (κ2) is 4.82. The molecule has 0 atom stereocenters. The number of aromatic nitrogens is 4. The number of hydrogen-bond donors (Lipinski definition) is 2. The van der Waals surface area contributed by atoms with Gasteiger partial charge in [0.1, 0.15) is 5.69 Å². The maximum Gasteiger partial charge on any atom is 0.277 e. The van der Waals surface area contributed by atoms with E-state index in [4.69, 9.17) is 0 Å². The highest BCUT2D eigenvalue weighted by atomic mass is 16.2. The van der Waals surface area contributed by atoms with Gasteiger partial charge in [-0.05, 0) is 12.5 Å². The van der Waals surface area contributed by atoms with Gasteiger partial charge in [0, 0.05) is 24.9 Å². The number of rotatable bonds is 3. The number of hydrogen-bond acceptors (Lipinski definition) is 4. The van der Waals surface area contributed by atoms with Crippen molar-refractivity contribution in [3.8, 4) is 0 Å². The lowest BCUT2D eigenvalue weighted by Gasteiger charge is -2.02. The third kappa shape index (κ3) is 2.45. The number of carbonyl (C=O) groups is 1. The van der Waals surface area contributed by atoms with Crippen LogP contribution in [0.25, 0.3) is 0 Å². The number of anilines is 1. The van der Waals surface area contributed by atoms with Gasteiger partial charge in [-0.15, -0.1) is 0 Å². The fourth-order valence-electron chi connectivity index (χ4n) is 1.41. The Balaban J connectivity index is 2.16. The van der Waals surface area contributed by atoms with Crippen LogP contribution in [0.1, 0.15) is 23.1 Å². The molecular formula is C11H13N5O2. The molecule has 0 bridgehead atoms. The number of H-pyrrole nitrogens is 1. The molecule has 94 valence electrons. The zero-order chi connectivity index (χ0) is 13.1. The molecule has 0 radical (unpaired) electrons. The van der Waals surface area contributed by atoms with Crippen molar-refractivity contribution in [1.82, 2.24) is 20.0 Å². The molecular weight excluding hydrogens is 234 g/mol. The molecule has 0 unspecified atom stereocenters. The Labute approximate surface area is 103 Å². The molecule has 0 saturated carbocycles. The van der Waals surface area contributed by atoms with Crippen LogP contribution < -0.4 is 10.9 Å². The maximum absolute atomic E-state index is 11.8. The molecule has 0 spiro atoms. The summed E-state index contributed by atoms with van der Waals surface area (Å²) in [5.41, 5.74) is 0.830. The fraction of sp³-hybridized carbons (Fsp3) is 0.273. The van der Waals surface area contributed by atoms with E-state index in [0.717, 1.165) is 16.8 Å². The summed E-state index contributed by atoms with van der Waals surface area (Å²) in [6.07, 6.45) is 0.807. The average molecular weight is 247 g/mol. The standard InChI is InChI=1S/C11H13N5O2/c1-3-7-6-9(14-13-7)12-11(18)8-4-5-10(17)16(2)15-8/h4-6H,3H2,1-2H3,(H2,12,13,14,18). The first-order valence-electron chi connectivity index (χ1n) is 5.50. The molecule has 0 saturated heterocycles. The lowest BCUT2D eigenvalue weighted by molar-refractivity contribution is 0.101. The topological polar surface area (TPSA) is 92.7 Å². The lowest BCUT2D eigenvalue weighted by Crippen LogP contribution is -2.23. The third-order valence-corrected chi connectivity index (χ3v) is 2.45. The summed E-state index contributed by atoms with van der Waals surface area (Å²) in [5.74, 6) is 0.0345. The van der Waals surface area contributed by atoms with Crippen LogP contribution in [0.4, 0.5) is 5.82 Å². The number of aryl methyl sites for hydroxylation is 2. The van der Waals surface area contributed by atoms with Gasteiger partial charge in [-0.1, -0.05) is 6.92 Å². The van der Waals surface area contributed by atoms with Crippen molar-refractivity contribution in [2.24, 2.45) is 7.05 Å². The zero-order valence-corrected chi connectivity index (χ0v) is 10.1. The monoisotopic (exact) mass is 247 g/mol. The molecule has 18 heavy (non-hydrogen) atoms. The zero-order valence-electron chi connectivity index (χ0n) is 10.1. The highest BCUT2D eigenvalue weighted by molar-refractivity contribution is 6.02. The Morgan fingerprint density at radius 2 is 2.28 bits per heavy atom. The molecule has 0 aromatic carbocycles. The van der Waals surface area contributed by atoms with E-state index < -0.39 is 5.91 Å². The number of carbonyl (C=O) groups excluding carboxylic acids is 1. The van der Waals surface area contributed by atoms with E-state index in [2.05, 4.69) is 20.6 Å². The van der Waals surface area contributed by atoms with Gasteiger partial charge in [0.25, 0.3) is 11.5 Å². The average Bonchev–Trinajstić information content (AvgIpc) is 2.80. The molecule has 7 nitrogen and oxygen atoms in total. The summed E-state index contributed by atoms with van der Waals surface area (Å²) in [5, 5.41) is 13.2. The number of amides is 1. The molecule has 1 amide bonds. The van der Waals surface area contributed by atoms with E-state index in [0.29, 0.717) is 5.82 Å². The number of nitrogens with zero attached hydrogens (tertiary/aromatic N) is 3. The largest absolute Gasteiger partial charge is 0.304 e. The molecule has 0 aliphatic rings. The summed E-state index contributed by atoms with van der Waals surface area (Å²) < 4.78 is 1.11. The van der Waals surface area contributed by atoms with Gasteiger partial charge in [-0.25, -0.2) is 4.68 Å². The maximum atomic E-state index is 11.8. The van der Waals surface area contributed by atoms with E-state index in [1.165, 1.54) is 19.2 Å². The van der Waals surface area contributed by atoms with Crippen molar-refractivity contribution in [2.75, 3.05) is 5.32 Å². The molecule has 7 heteroatoms. The third-order valence-electron chi connectivity index (χ3n) is 2.45. The van der Waals surface area contributed by atoms with Gasteiger partial charge >= 0.3 is 0 Å². The van der Waals surface area contributed by atoms with E-state index >= 15 is 0 Å². The van der Waals surface area contributed by atoms with Crippen molar-refractivity contribution in [3.63, 3.8) is 0 Å². The summed E-state index contributed by atoms with van der Waals surface area (Å²) in [6.45, 7) is 1.98. The summed E-state index contributed by atoms with van der Waals surface area (Å²) in [4.78, 5) is 23.0. The molecule has 2 aromatic heterocycles. The minimum atomic E-state index is -0.403. The first-order chi connectivity index (χ1) is 8.60. The van der Waals surface area contributed by atoms with E-state index in [9.17, 15) is 9.59 Å². The first-order valence-corrected chi connectivity index (χ1v) is 5.50. The Kier molecular flexibility index (Phi) is 3.22. The van der Waals surface area contributed by atoms with Gasteiger partial charge in [-0.3, -0.25) is 14.7 Å². The first kappa shape index (κ1) is 12.0. The van der Waals surface area contributed by atoms with Crippen LogP contribution in [0, 0.1) is 0 Å². The summed E-state index contributed by atoms with van der Waals surface area (Å²) in [7, 11) is 1.49. The molecule has 2 rings (SSSR count). The van der Waals surface area contributed by atoms with Gasteiger partial charge in [0.15, 0.2) is 5.82 Å². The predicted octanol–water partition coefficient (Wildman–Crippen LogP) is 0.318. The van der Waals surface area contributed by atoms with E-state index in [1.807, 2.05) is 6.92 Å². The fourth-order valence-corrected chi connectivity index (χ4v) is 1.41. The summed E-state index contributed by atoms with van der Waals surface area (Å²) >= 11 is 0. The minimum absolute atomic E-state index is 0.165. The van der Waals surface area contributed by atoms with Gasteiger partial charge < -0.3 is 5.32 Å². The van der Waals surface area contributed by atoms with Gasteiger partial charge in [0.2, 0.25) is 0 Å². The second-order valence-corrected chi connectivity index (χ2v) is 3.77. The van der Waals surface area contributed by atoms with Crippen molar-refractivity contribution in [1.29, 1.82) is 0 Å². The minimum Gasteiger partial charge on any atom is -0.304 e. The molecule has 0 aliphatic heterocycles. The predicted molar refractivity (Wildman–Crippen MR) is 65.4 cm³/mol. The Bertz CT molecular complexity index is 628. The summed E-state index contributed by atoms with van der Waals surface area (Å²) in [6, 6.07) is 4.43. The van der Waals surface area contributed by atoms with E-state index in [-0.39, 0.29) is 11.3 Å². The Morgan fingerprint density at radius 1 is 1.50 bits per heavy atom. The second-order valence-electron chi connectivity index (χ2n) is 3.77. The van der Waals surface area contributed by atoms with Crippen LogP contribution in [0.5, 0.6) is 0 Å². The highest BCUT2D eigenvalue weighted by Gasteiger charge is 2.10. The molecule has 0 aliphatic carbocycles. The van der Waals surface area contributed by atoms with Crippen molar-refractivity contribution >= 4 is 11.7 Å². The van der Waals surface area contributed by atoms with Gasteiger partial charge in [0.05, 0.1) is 0 Å². The normalized spacial score (nSPS) is 10.3. The van der Waals surface area contributed by atoms with Crippen molar-refractivity contribution in [2.45, 2.75) is 13.3 Å². The van der Waals surface area contributed by atoms with Gasteiger partial charge in [-0.2, -0.15) is 10.2 Å². The smallest absolute Gasteiger partial charge is 0.277 e. The van der Waals surface area contributed by atoms with Crippen LogP contribution >= 0.6 is 0 Å². The van der Waals surface area contributed by atoms with Crippen LogP contribution in [0.15, 0.2) is 23.0 Å². The molecule has 0 fully saturated rings. The molecule has 2 heterocycles. The Hall–Kier alpha value is -2.44. The Morgan fingerprint density at radius 3 is 2.89 bits per heavy atom. The van der Waals surface area contributed by atoms with Crippen molar-refractivity contribution in [3.05, 3.63) is 39.9 Å². The van der Waals surface area contributed by atoms with Crippen LogP contribution in [0.3, 0.4) is 0 Å². The molecule has 2 aromatic rings. The highest BCUT2D eigenvalue weighted by Crippen LogP contribution is 2.06. The van der Waals surface area contributed by atoms with Crippen LogP contribution in [-0.4, -0.2) is 25.9 Å². The van der Waals surface area contributed by atoms with Crippen molar-refractivity contribution < 1.29 is 4.79 Å². The van der Waals surface area contributed by atoms with Crippen LogP contribution in [-0.2, 0) is 13.5 Å². The number of nitrogens with one attached hydrogen (secondary N) is 2. The quantitative estimate of drug-likeness (QED) is 0.816. The number of aromatic amines is 1. The lowest BCUT2D eigenvalue weighted by atomic mass is 10.3. The van der Waals surface area contributed by atoms with E-state index in [1.54, 1.807) is 6.07 Å². The molecule has 2 N–H and O–H groups in total. The SMILES string of the molecule is CCc1cc(NC(=O)c2ccc(=O)n(C)n2)n[nH]1.